The van der Waals surface area contributed by atoms with E-state index in [1.54, 1.807) is 6.92 Å². The van der Waals surface area contributed by atoms with E-state index in [-0.39, 0.29) is 17.1 Å². The summed E-state index contributed by atoms with van der Waals surface area (Å²) in [6.07, 6.45) is 4.45. The molecule has 1 N–H and O–H groups in total. The van der Waals surface area contributed by atoms with E-state index >= 15 is 0 Å². The number of likely N-dealkylation sites (tertiary alicyclic amines) is 1. The van der Waals surface area contributed by atoms with Gasteiger partial charge in [-0.15, -0.1) is 0 Å². The first-order chi connectivity index (χ1) is 17.7. The summed E-state index contributed by atoms with van der Waals surface area (Å²) in [6.45, 7) is 15.0. The van der Waals surface area contributed by atoms with E-state index in [0.29, 0.717) is 32.3 Å². The molecule has 3 radical (unpaired) electrons. The molecule has 5 nitrogen and oxygen atoms in total. The molecule has 8 heteroatoms. The molecule has 0 saturated carbocycles. The maximum absolute atomic E-state index is 13.0. The number of carbonyl (C=O) groups excluding carboxylic acids is 2. The van der Waals surface area contributed by atoms with Crippen LogP contribution in [0.15, 0.2) is 36.4 Å². The number of anilines is 1. The summed E-state index contributed by atoms with van der Waals surface area (Å²) in [7, 11) is 7.56. The number of amides is 1. The third-order valence-corrected chi connectivity index (χ3v) is 9.03. The Bertz CT molecular complexity index is 1080. The minimum absolute atomic E-state index is 0.0520. The van der Waals surface area contributed by atoms with E-state index in [2.05, 4.69) is 70.3 Å². The average molecular weight is 645 g/mol. The van der Waals surface area contributed by atoms with Crippen molar-refractivity contribution in [2.24, 2.45) is 0 Å². The zero-order valence-electron chi connectivity index (χ0n) is 24.2. The Morgan fingerprint density at radius 3 is 2.05 bits per heavy atom. The van der Waals surface area contributed by atoms with Gasteiger partial charge < -0.3 is 0 Å². The van der Waals surface area contributed by atoms with Gasteiger partial charge in [0.25, 0.3) is 0 Å². The van der Waals surface area contributed by atoms with Crippen LogP contribution in [0.1, 0.15) is 82.5 Å². The van der Waals surface area contributed by atoms with E-state index in [0.717, 1.165) is 35.7 Å². The summed E-state index contributed by atoms with van der Waals surface area (Å²) in [5.74, 6) is 0.0597. The van der Waals surface area contributed by atoms with Crippen LogP contribution in [0.5, 0.6) is 0 Å². The summed E-state index contributed by atoms with van der Waals surface area (Å²) >= 11 is 3.40. The first-order valence-electron chi connectivity index (χ1n) is 13.4. The van der Waals surface area contributed by atoms with Crippen LogP contribution < -0.4 is 5.32 Å². The van der Waals surface area contributed by atoms with Crippen LogP contribution in [0.3, 0.4) is 0 Å². The van der Waals surface area contributed by atoms with E-state index in [1.165, 1.54) is 36.9 Å². The predicted molar refractivity (Wildman–Crippen MR) is 163 cm³/mol. The molecule has 3 rings (SSSR count). The number of nitrogens with zero attached hydrogens (tertiary/aromatic N) is 1. The van der Waals surface area contributed by atoms with Gasteiger partial charge in [-0.1, -0.05) is 0 Å². The number of ketones is 1. The summed E-state index contributed by atoms with van der Waals surface area (Å²) in [5.41, 5.74) is 2.36. The molecule has 1 saturated heterocycles. The molecule has 0 spiro atoms. The Morgan fingerprint density at radius 2 is 1.61 bits per heavy atom. The van der Waals surface area contributed by atoms with Crippen LogP contribution in [-0.4, -0.2) is 85.6 Å². The quantitative estimate of drug-likeness (QED) is 0.312. The van der Waals surface area contributed by atoms with Crippen molar-refractivity contribution in [1.82, 2.24) is 0 Å². The van der Waals surface area contributed by atoms with Gasteiger partial charge in [0.2, 0.25) is 0 Å². The summed E-state index contributed by atoms with van der Waals surface area (Å²) in [6, 6.07) is 12.6. The molecule has 0 atom stereocenters. The average Bonchev–Trinajstić information content (AvgIpc) is 3.12. The van der Waals surface area contributed by atoms with Crippen molar-refractivity contribution in [1.29, 1.82) is 0 Å². The number of benzene rings is 1. The maximum atomic E-state index is 13.0. The molecule has 1 aliphatic rings. The van der Waals surface area contributed by atoms with Crippen LogP contribution in [-0.2, 0) is 23.1 Å². The van der Waals surface area contributed by atoms with Crippen molar-refractivity contribution in [2.45, 2.75) is 76.0 Å². The molecular formula is C30H44BN2O3SSb+. The van der Waals surface area contributed by atoms with E-state index in [9.17, 15) is 9.59 Å². The van der Waals surface area contributed by atoms with Crippen LogP contribution >= 0.6 is 11.3 Å². The van der Waals surface area contributed by atoms with Crippen molar-refractivity contribution in [3.8, 4) is 0 Å². The Labute approximate surface area is 248 Å². The first kappa shape index (κ1) is 32.8. The van der Waals surface area contributed by atoms with Crippen molar-refractivity contribution in [2.75, 3.05) is 38.6 Å². The number of rotatable bonds is 8. The van der Waals surface area contributed by atoms with Crippen molar-refractivity contribution in [3.63, 3.8) is 0 Å². The first-order valence-corrected chi connectivity index (χ1v) is 15.5. The SMILES string of the molecule is C[C](C)([Sb])c1ccccc1.[B]=C(OC)c1sc(C(C)(C)C)cc1NC(=O)C[N+]1(CC(C)=O)CCCCCC1. The molecule has 1 aromatic carbocycles. The van der Waals surface area contributed by atoms with Gasteiger partial charge in [0.15, 0.2) is 0 Å². The Balaban J connectivity index is 0.000000423. The number of methoxy groups -OCH3 is 1. The van der Waals surface area contributed by atoms with Crippen LogP contribution in [0.4, 0.5) is 5.69 Å². The van der Waals surface area contributed by atoms with E-state index in [1.807, 2.05) is 29.1 Å². The summed E-state index contributed by atoms with van der Waals surface area (Å²) in [5, 5.41) is 3.05. The molecule has 0 aliphatic carbocycles. The molecular weight excluding hydrogens is 601 g/mol. The number of Topliss-reactive ketones (excluding diaryl/α,β-unsaturated/α-hetero) is 1. The predicted octanol–water partition coefficient (Wildman–Crippen LogP) is 5.35. The standard InChI is InChI=1S/C21H32BN2O3S.C9H11.Sb/c1-15(25)13-24(10-8-6-7-9-11-24)14-18(26)23-16-12-17(21(2,3)4)28-19(16)20(22)27-5;1-8(2)9-6-4-3-5-7-9;/h12H,6-11,13-14H2,1-5H3;3-7H,1-2H3;/p+1. The van der Waals surface area contributed by atoms with Gasteiger partial charge in [-0.25, -0.2) is 0 Å². The van der Waals surface area contributed by atoms with Crippen molar-refractivity contribution >= 4 is 64.9 Å². The molecule has 1 amide bonds. The third kappa shape index (κ3) is 10.3. The van der Waals surface area contributed by atoms with Gasteiger partial charge in [-0.2, -0.15) is 0 Å². The molecule has 0 unspecified atom stereocenters. The number of carbonyl (C=O) groups is 2. The third-order valence-electron chi connectivity index (χ3n) is 6.72. The molecule has 0 bridgehead atoms. The van der Waals surface area contributed by atoms with Crippen LogP contribution in [0.2, 0.25) is 0 Å². The number of nitrogens with one attached hydrogen (secondary N) is 1. The fourth-order valence-corrected chi connectivity index (χ4v) is 6.21. The molecule has 1 aromatic heterocycles. The molecule has 38 heavy (non-hydrogen) atoms. The Hall–Kier alpha value is -1.43. The fourth-order valence-electron chi connectivity index (χ4n) is 4.67. The van der Waals surface area contributed by atoms with Crippen LogP contribution in [0, 0.1) is 0 Å². The molecule has 2 aromatic rings. The van der Waals surface area contributed by atoms with Gasteiger partial charge in [0.1, 0.15) is 0 Å². The summed E-state index contributed by atoms with van der Waals surface area (Å²) < 4.78 is 6.12. The molecule has 205 valence electrons. The molecule has 2 heterocycles. The van der Waals surface area contributed by atoms with Gasteiger partial charge >= 0.3 is 250 Å². The monoisotopic (exact) mass is 644 g/mol. The normalized spacial score (nSPS) is 15.4. The number of hydrogen-bond donors (Lipinski definition) is 1. The number of hydrogen-bond acceptors (Lipinski definition) is 4. The Kier molecular flexibility index (Phi) is 12.3. The minimum atomic E-state index is -0.0773. The zero-order chi connectivity index (χ0) is 28.6. The number of thiophene rings is 1. The van der Waals surface area contributed by atoms with Crippen LogP contribution in [0.25, 0.3) is 0 Å². The van der Waals surface area contributed by atoms with Gasteiger partial charge in [0.05, 0.1) is 0 Å². The molecule has 1 fully saturated rings. The van der Waals surface area contributed by atoms with Gasteiger partial charge in [-0.05, 0) is 0 Å². The van der Waals surface area contributed by atoms with Crippen molar-refractivity contribution < 1.29 is 18.8 Å². The molecule has 1 aliphatic heterocycles. The second-order valence-electron chi connectivity index (χ2n) is 11.9. The van der Waals surface area contributed by atoms with E-state index in [4.69, 9.17) is 12.2 Å². The van der Waals surface area contributed by atoms with Crippen molar-refractivity contribution in [3.05, 3.63) is 51.7 Å². The number of quaternary nitrogens is 1. The second kappa shape index (κ2) is 14.3. The van der Waals surface area contributed by atoms with Gasteiger partial charge in [-0.3, -0.25) is 0 Å². The van der Waals surface area contributed by atoms with E-state index < -0.39 is 0 Å². The second-order valence-corrected chi connectivity index (χ2v) is 16.1. The Morgan fingerprint density at radius 1 is 1.03 bits per heavy atom. The summed E-state index contributed by atoms with van der Waals surface area (Å²) in [4.78, 5) is 26.7. The topological polar surface area (TPSA) is 55.4 Å². The zero-order valence-corrected chi connectivity index (χ0v) is 27.6. The fraction of sp³-hybridized carbons (Fsp3) is 0.567. The van der Waals surface area contributed by atoms with Gasteiger partial charge in [0, 0.05) is 0 Å². The number of ether oxygens (including phenoxy) is 1.